The number of nitrogens with two attached hydrogens (primary N) is 1. The van der Waals surface area contributed by atoms with E-state index >= 15 is 0 Å². The molecule has 1 aliphatic rings. The summed E-state index contributed by atoms with van der Waals surface area (Å²) in [5.41, 5.74) is -1.11. The van der Waals surface area contributed by atoms with Crippen molar-refractivity contribution in [3.63, 3.8) is 0 Å². The number of halogens is 4. The molecule has 0 spiro atoms. The van der Waals surface area contributed by atoms with E-state index in [4.69, 9.17) is 9.88 Å². The highest BCUT2D eigenvalue weighted by Gasteiger charge is 2.36. The van der Waals surface area contributed by atoms with Crippen LogP contribution >= 0.6 is 0 Å². The molecule has 1 aliphatic carbocycles. The Balaban J connectivity index is 2.02. The molecule has 1 fully saturated rings. The van der Waals surface area contributed by atoms with Gasteiger partial charge in [0.25, 0.3) is 0 Å². The first kappa shape index (κ1) is 17.9. The molecule has 1 saturated carbocycles. The van der Waals surface area contributed by atoms with Gasteiger partial charge < -0.3 is 4.74 Å². The molecule has 0 aliphatic heterocycles. The minimum absolute atomic E-state index is 0.0233. The van der Waals surface area contributed by atoms with Crippen LogP contribution in [0.15, 0.2) is 29.2 Å². The molecule has 0 amide bonds. The maximum absolute atomic E-state index is 14.0. The molecule has 0 saturated heterocycles. The van der Waals surface area contributed by atoms with E-state index in [1.165, 1.54) is 6.07 Å². The highest BCUT2D eigenvalue weighted by molar-refractivity contribution is 7.82. The Morgan fingerprint density at radius 1 is 1.24 bits per heavy atom. The summed E-state index contributed by atoms with van der Waals surface area (Å²) in [4.78, 5) is -0.245. The molecule has 1 aromatic carbocycles. The number of aromatic nitrogens is 2. The smallest absolute Gasteiger partial charge is 0.435 e. The maximum Gasteiger partial charge on any atom is 0.435 e. The van der Waals surface area contributed by atoms with Crippen LogP contribution in [0.25, 0.3) is 5.69 Å². The summed E-state index contributed by atoms with van der Waals surface area (Å²) >= 11 is 0. The summed E-state index contributed by atoms with van der Waals surface area (Å²) in [6.45, 7) is 0. The van der Waals surface area contributed by atoms with Gasteiger partial charge in [0.2, 0.25) is 5.88 Å². The number of hydrogen-bond donors (Lipinski definition) is 1. The molecule has 1 aromatic heterocycles. The zero-order valence-electron chi connectivity index (χ0n) is 12.9. The fourth-order valence-electron chi connectivity index (χ4n) is 2.73. The fourth-order valence-corrected chi connectivity index (χ4v) is 3.19. The van der Waals surface area contributed by atoms with Crippen molar-refractivity contribution in [2.75, 3.05) is 0 Å². The summed E-state index contributed by atoms with van der Waals surface area (Å²) in [5, 5.41) is 8.64. The molecular weight excluding hydrogens is 362 g/mol. The summed E-state index contributed by atoms with van der Waals surface area (Å²) in [5.74, 6) is -1.01. The van der Waals surface area contributed by atoms with Crippen molar-refractivity contribution in [1.82, 2.24) is 9.78 Å². The Morgan fingerprint density at radius 2 is 1.92 bits per heavy atom. The Kier molecular flexibility index (Phi) is 4.83. The number of ether oxygens (including phenoxy) is 1. The largest absolute Gasteiger partial charge is 0.474 e. The Bertz CT molecular complexity index is 801. The van der Waals surface area contributed by atoms with Crippen LogP contribution in [0, 0.1) is 5.82 Å². The molecule has 0 bridgehead atoms. The van der Waals surface area contributed by atoms with Crippen LogP contribution < -0.4 is 9.88 Å². The van der Waals surface area contributed by atoms with Gasteiger partial charge in [0.1, 0.15) is 22.9 Å². The second-order valence-corrected chi connectivity index (χ2v) is 6.75. The first-order valence-corrected chi connectivity index (χ1v) is 8.77. The average molecular weight is 377 g/mol. The summed E-state index contributed by atoms with van der Waals surface area (Å²) in [7, 11) is -2.04. The van der Waals surface area contributed by atoms with Crippen LogP contribution in [-0.4, -0.2) is 20.1 Å². The molecule has 25 heavy (non-hydrogen) atoms. The molecule has 2 aromatic rings. The third kappa shape index (κ3) is 3.84. The molecule has 10 heteroatoms. The molecule has 0 radical (unpaired) electrons. The molecule has 136 valence electrons. The molecule has 2 N–H and O–H groups in total. The third-order valence-electron chi connectivity index (χ3n) is 3.93. The molecule has 1 heterocycles. The van der Waals surface area contributed by atoms with E-state index in [1.54, 1.807) is 0 Å². The zero-order chi connectivity index (χ0) is 18.2. The van der Waals surface area contributed by atoms with Crippen LogP contribution in [0.5, 0.6) is 5.88 Å². The summed E-state index contributed by atoms with van der Waals surface area (Å²) in [6.07, 6.45) is -1.49. The lowest BCUT2D eigenvalue weighted by Gasteiger charge is -2.14. The molecule has 5 nitrogen and oxygen atoms in total. The lowest BCUT2D eigenvalue weighted by atomic mass is 10.3. The normalized spacial score (nSPS) is 17.0. The SMILES string of the molecule is NS(=O)c1ccc(-n2nc(C(F)(F)F)cc2OC2CCCC2)cc1F. The van der Waals surface area contributed by atoms with E-state index in [9.17, 15) is 21.8 Å². The van der Waals surface area contributed by atoms with E-state index in [0.717, 1.165) is 48.6 Å². The van der Waals surface area contributed by atoms with Gasteiger partial charge in [-0.25, -0.2) is 18.4 Å². The van der Waals surface area contributed by atoms with E-state index < -0.39 is 28.7 Å². The van der Waals surface area contributed by atoms with Crippen molar-refractivity contribution < 1.29 is 26.5 Å². The van der Waals surface area contributed by atoms with Crippen LogP contribution in [0.2, 0.25) is 0 Å². The minimum Gasteiger partial charge on any atom is -0.474 e. The van der Waals surface area contributed by atoms with Gasteiger partial charge in [0.15, 0.2) is 5.69 Å². The number of nitrogens with zero attached hydrogens (tertiary/aromatic N) is 2. The van der Waals surface area contributed by atoms with Gasteiger partial charge in [-0.1, -0.05) is 0 Å². The maximum atomic E-state index is 14.0. The van der Waals surface area contributed by atoms with Crippen molar-refractivity contribution in [3.8, 4) is 11.6 Å². The van der Waals surface area contributed by atoms with Crippen molar-refractivity contribution >= 4 is 11.0 Å². The van der Waals surface area contributed by atoms with Crippen molar-refractivity contribution in [2.45, 2.75) is 42.9 Å². The first-order chi connectivity index (χ1) is 11.8. The molecule has 1 atom stereocenters. The van der Waals surface area contributed by atoms with Crippen molar-refractivity contribution in [1.29, 1.82) is 0 Å². The van der Waals surface area contributed by atoms with Gasteiger partial charge in [-0.15, -0.1) is 0 Å². The number of benzene rings is 1. The standard InChI is InChI=1S/C15H15F4N3O2S/c16-11-7-9(5-6-12(11)25(20)23)22-14(24-10-3-1-2-4-10)8-13(21-22)15(17,18)19/h5-8,10H,1-4,20H2. The fraction of sp³-hybridized carbons (Fsp3) is 0.400. The summed E-state index contributed by atoms with van der Waals surface area (Å²) < 4.78 is 70.7. The zero-order valence-corrected chi connectivity index (χ0v) is 13.7. The van der Waals surface area contributed by atoms with Crippen molar-refractivity contribution in [3.05, 3.63) is 35.8 Å². The molecule has 3 rings (SSSR count). The lowest BCUT2D eigenvalue weighted by Crippen LogP contribution is -2.14. The monoisotopic (exact) mass is 377 g/mol. The quantitative estimate of drug-likeness (QED) is 0.831. The van der Waals surface area contributed by atoms with Crippen LogP contribution in [-0.2, 0) is 17.2 Å². The highest BCUT2D eigenvalue weighted by atomic mass is 32.2. The number of rotatable bonds is 4. The highest BCUT2D eigenvalue weighted by Crippen LogP contribution is 2.34. The average Bonchev–Trinajstić information content (AvgIpc) is 3.16. The molecule has 1 unspecified atom stereocenters. The van der Waals surface area contributed by atoms with Crippen molar-refractivity contribution in [2.24, 2.45) is 5.14 Å². The number of hydrogen-bond acceptors (Lipinski definition) is 3. The van der Waals surface area contributed by atoms with Gasteiger partial charge in [0.05, 0.1) is 10.6 Å². The Hall–Kier alpha value is -1.94. The van der Waals surface area contributed by atoms with Crippen LogP contribution in [0.3, 0.4) is 0 Å². The van der Waals surface area contributed by atoms with Gasteiger partial charge in [0, 0.05) is 12.1 Å². The second kappa shape index (κ2) is 6.75. The van der Waals surface area contributed by atoms with Crippen LogP contribution in [0.4, 0.5) is 17.6 Å². The van der Waals surface area contributed by atoms with E-state index in [1.807, 2.05) is 0 Å². The van der Waals surface area contributed by atoms with Gasteiger partial charge in [-0.3, -0.25) is 0 Å². The minimum atomic E-state index is -4.66. The lowest BCUT2D eigenvalue weighted by molar-refractivity contribution is -0.141. The van der Waals surface area contributed by atoms with Gasteiger partial charge in [-0.2, -0.15) is 18.3 Å². The predicted molar refractivity (Wildman–Crippen MR) is 82.0 cm³/mol. The van der Waals surface area contributed by atoms with Gasteiger partial charge in [-0.05, 0) is 37.8 Å². The topological polar surface area (TPSA) is 70.1 Å². The first-order valence-electron chi connectivity index (χ1n) is 7.55. The van der Waals surface area contributed by atoms with E-state index in [-0.39, 0.29) is 22.6 Å². The van der Waals surface area contributed by atoms with Crippen LogP contribution in [0.1, 0.15) is 31.4 Å². The Labute approximate surface area is 143 Å². The summed E-state index contributed by atoms with van der Waals surface area (Å²) in [6, 6.07) is 4.16. The third-order valence-corrected chi connectivity index (χ3v) is 4.70. The van der Waals surface area contributed by atoms with E-state index in [2.05, 4.69) is 5.10 Å². The molecular formula is C15H15F4N3O2S. The van der Waals surface area contributed by atoms with E-state index in [0.29, 0.717) is 0 Å². The second-order valence-electron chi connectivity index (χ2n) is 5.71. The van der Waals surface area contributed by atoms with Gasteiger partial charge >= 0.3 is 6.18 Å². The number of alkyl halides is 3. The Morgan fingerprint density at radius 3 is 2.48 bits per heavy atom. The predicted octanol–water partition coefficient (Wildman–Crippen LogP) is 3.33.